The van der Waals surface area contributed by atoms with E-state index in [1.54, 1.807) is 55.6 Å². The lowest BCUT2D eigenvalue weighted by Crippen LogP contribution is -2.29. The van der Waals surface area contributed by atoms with Crippen LogP contribution in [0.4, 0.5) is 23.1 Å². The summed E-state index contributed by atoms with van der Waals surface area (Å²) < 4.78 is 30.5. The Morgan fingerprint density at radius 3 is 2.63 bits per heavy atom. The van der Waals surface area contributed by atoms with E-state index in [1.165, 1.54) is 17.6 Å². The van der Waals surface area contributed by atoms with Gasteiger partial charge in [0.25, 0.3) is 5.91 Å². The van der Waals surface area contributed by atoms with Gasteiger partial charge >= 0.3 is 0 Å². The molecule has 38 heavy (non-hydrogen) atoms. The van der Waals surface area contributed by atoms with Crippen molar-refractivity contribution in [3.8, 4) is 0 Å². The number of aromatic nitrogens is 3. The zero-order chi connectivity index (χ0) is 27.3. The molecule has 4 rings (SSSR count). The van der Waals surface area contributed by atoms with E-state index in [0.717, 1.165) is 10.9 Å². The molecule has 4 aromatic rings. The largest absolute Gasteiger partial charge is 0.383 e. The van der Waals surface area contributed by atoms with Crippen molar-refractivity contribution >= 4 is 50.1 Å². The molecule has 0 saturated heterocycles. The third kappa shape index (κ3) is 6.21. The number of anilines is 4. The van der Waals surface area contributed by atoms with Gasteiger partial charge in [0.2, 0.25) is 16.0 Å². The van der Waals surface area contributed by atoms with Crippen molar-refractivity contribution in [3.63, 3.8) is 0 Å². The van der Waals surface area contributed by atoms with Crippen LogP contribution in [0.25, 0.3) is 11.0 Å². The van der Waals surface area contributed by atoms with E-state index < -0.39 is 10.0 Å². The van der Waals surface area contributed by atoms with Crippen LogP contribution in [0.2, 0.25) is 0 Å². The number of aromatic amines is 1. The summed E-state index contributed by atoms with van der Waals surface area (Å²) in [6.45, 7) is 1.28. The number of fused-ring (bicyclic) bond motifs is 1. The Hall–Kier alpha value is -4.16. The van der Waals surface area contributed by atoms with E-state index in [9.17, 15) is 13.2 Å². The predicted octanol–water partition coefficient (Wildman–Crippen LogP) is 3.43. The van der Waals surface area contributed by atoms with Crippen molar-refractivity contribution in [2.24, 2.45) is 0 Å². The predicted molar refractivity (Wildman–Crippen MR) is 149 cm³/mol. The zero-order valence-corrected chi connectivity index (χ0v) is 22.5. The number of carbonyl (C=O) groups is 1. The number of carbonyl (C=O) groups excluding carboxylic acids is 1. The van der Waals surface area contributed by atoms with Gasteiger partial charge < -0.3 is 25.3 Å². The zero-order valence-electron chi connectivity index (χ0n) is 21.7. The summed E-state index contributed by atoms with van der Waals surface area (Å²) in [7, 11) is 1.44. The van der Waals surface area contributed by atoms with Gasteiger partial charge in [-0.2, -0.15) is 9.97 Å². The fourth-order valence-electron chi connectivity index (χ4n) is 3.87. The first kappa shape index (κ1) is 26.9. The van der Waals surface area contributed by atoms with Gasteiger partial charge in [0.1, 0.15) is 11.5 Å². The van der Waals surface area contributed by atoms with Crippen molar-refractivity contribution < 1.29 is 17.9 Å². The number of benzene rings is 2. The number of hydrogen-bond acceptors (Lipinski definition) is 8. The number of amides is 1. The van der Waals surface area contributed by atoms with E-state index in [2.05, 4.69) is 25.6 Å². The summed E-state index contributed by atoms with van der Waals surface area (Å²) in [5, 5.41) is 7.29. The van der Waals surface area contributed by atoms with Crippen LogP contribution in [0, 0.1) is 0 Å². The average molecular weight is 538 g/mol. The van der Waals surface area contributed by atoms with Gasteiger partial charge in [-0.1, -0.05) is 24.3 Å². The number of methoxy groups -OCH3 is 1. The number of ether oxygens (including phenoxy) is 1. The molecule has 0 unspecified atom stereocenters. The highest BCUT2D eigenvalue weighted by Crippen LogP contribution is 2.26. The quantitative estimate of drug-likeness (QED) is 0.265. The van der Waals surface area contributed by atoms with Crippen LogP contribution in [0.15, 0.2) is 60.8 Å². The number of nitrogens with one attached hydrogen (secondary N) is 3. The number of likely N-dealkylation sites (N-methyl/N-ethyl adjacent to an activating group) is 1. The number of rotatable bonds is 11. The smallest absolute Gasteiger partial charge is 0.253 e. The average Bonchev–Trinajstić information content (AvgIpc) is 3.38. The number of nitrogens with zero attached hydrogens (tertiary/aromatic N) is 4. The monoisotopic (exact) mass is 537 g/mol. The SMILES string of the molecule is COCCN(C)C(=O)c1cccc(Nc2nc(NCc3ccccc3N(C)S(C)(=O)=O)c3cc[nH]c3n2)c1. The van der Waals surface area contributed by atoms with Crippen molar-refractivity contribution in [2.45, 2.75) is 6.54 Å². The maximum absolute atomic E-state index is 12.8. The van der Waals surface area contributed by atoms with Gasteiger partial charge in [-0.3, -0.25) is 9.10 Å². The van der Waals surface area contributed by atoms with Gasteiger partial charge in [0.15, 0.2) is 0 Å². The highest BCUT2D eigenvalue weighted by molar-refractivity contribution is 7.92. The molecule has 3 N–H and O–H groups in total. The fraction of sp³-hybridized carbons (Fsp3) is 0.269. The topological polar surface area (TPSA) is 133 Å². The molecule has 2 aromatic carbocycles. The van der Waals surface area contributed by atoms with Crippen LogP contribution in [0.5, 0.6) is 0 Å². The molecule has 0 atom stereocenters. The van der Waals surface area contributed by atoms with E-state index in [1.807, 2.05) is 24.3 Å². The maximum Gasteiger partial charge on any atom is 0.253 e. The lowest BCUT2D eigenvalue weighted by molar-refractivity contribution is 0.0744. The first-order valence-electron chi connectivity index (χ1n) is 11.9. The lowest BCUT2D eigenvalue weighted by atomic mass is 10.1. The van der Waals surface area contributed by atoms with Gasteiger partial charge in [-0.15, -0.1) is 0 Å². The van der Waals surface area contributed by atoms with Crippen LogP contribution in [0.3, 0.4) is 0 Å². The van der Waals surface area contributed by atoms with Crippen LogP contribution in [-0.2, 0) is 21.3 Å². The minimum Gasteiger partial charge on any atom is -0.383 e. The summed E-state index contributed by atoms with van der Waals surface area (Å²) >= 11 is 0. The Kier molecular flexibility index (Phi) is 8.13. The molecular weight excluding hydrogens is 506 g/mol. The second-order valence-corrected chi connectivity index (χ2v) is 10.8. The highest BCUT2D eigenvalue weighted by Gasteiger charge is 2.17. The summed E-state index contributed by atoms with van der Waals surface area (Å²) in [6, 6.07) is 16.3. The molecule has 0 aliphatic rings. The summed E-state index contributed by atoms with van der Waals surface area (Å²) in [4.78, 5) is 26.7. The molecule has 0 radical (unpaired) electrons. The maximum atomic E-state index is 12.8. The van der Waals surface area contributed by atoms with E-state index in [4.69, 9.17) is 4.74 Å². The molecule has 12 heteroatoms. The van der Waals surface area contributed by atoms with E-state index in [0.29, 0.717) is 54.0 Å². The molecule has 11 nitrogen and oxygen atoms in total. The molecule has 0 saturated carbocycles. The number of para-hydroxylation sites is 1. The molecule has 1 amide bonds. The molecular formula is C26H31N7O4S. The molecule has 0 bridgehead atoms. The normalized spacial score (nSPS) is 11.4. The van der Waals surface area contributed by atoms with Crippen LogP contribution >= 0.6 is 0 Å². The summed E-state index contributed by atoms with van der Waals surface area (Å²) in [5.74, 6) is 0.787. The second kappa shape index (κ2) is 11.5. The molecule has 0 aliphatic heterocycles. The van der Waals surface area contributed by atoms with Crippen molar-refractivity contribution in [3.05, 3.63) is 71.9 Å². The summed E-state index contributed by atoms with van der Waals surface area (Å²) in [6.07, 6.45) is 2.94. The minimum atomic E-state index is -3.42. The molecule has 200 valence electrons. The van der Waals surface area contributed by atoms with Crippen LogP contribution in [-0.4, -0.2) is 74.8 Å². The third-order valence-corrected chi connectivity index (χ3v) is 7.23. The second-order valence-electron chi connectivity index (χ2n) is 8.77. The fourth-order valence-corrected chi connectivity index (χ4v) is 4.40. The van der Waals surface area contributed by atoms with Crippen LogP contribution in [0.1, 0.15) is 15.9 Å². The Morgan fingerprint density at radius 1 is 1.08 bits per heavy atom. The number of hydrogen-bond donors (Lipinski definition) is 3. The number of H-pyrrole nitrogens is 1. The Bertz CT molecular complexity index is 1540. The van der Waals surface area contributed by atoms with Gasteiger partial charge in [0.05, 0.1) is 23.9 Å². The van der Waals surface area contributed by atoms with Crippen LogP contribution < -0.4 is 14.9 Å². The molecule has 0 fully saturated rings. The highest BCUT2D eigenvalue weighted by atomic mass is 32.2. The lowest BCUT2D eigenvalue weighted by Gasteiger charge is -2.20. The standard InChI is InChI=1S/C26H31N7O4S/c1-32(14-15-37-3)25(34)18-9-7-10-20(16-18)29-26-30-23-21(12-13-27-23)24(31-26)28-17-19-8-5-6-11-22(19)33(2)38(4,35)36/h5-13,16H,14-15,17H2,1-4H3,(H3,27,28,29,30,31). The van der Waals surface area contributed by atoms with Crippen molar-refractivity contribution in [2.75, 3.05) is 55.6 Å². The first-order chi connectivity index (χ1) is 18.2. The van der Waals surface area contributed by atoms with Gasteiger partial charge in [-0.05, 0) is 35.9 Å². The Morgan fingerprint density at radius 2 is 1.87 bits per heavy atom. The van der Waals surface area contributed by atoms with E-state index >= 15 is 0 Å². The number of sulfonamides is 1. The third-order valence-electron chi connectivity index (χ3n) is 6.03. The van der Waals surface area contributed by atoms with Gasteiger partial charge in [-0.25, -0.2) is 8.42 Å². The first-order valence-corrected chi connectivity index (χ1v) is 13.7. The Balaban J connectivity index is 1.57. The molecule has 2 aromatic heterocycles. The van der Waals surface area contributed by atoms with Gasteiger partial charge in [0, 0.05) is 51.7 Å². The molecule has 0 spiro atoms. The van der Waals surface area contributed by atoms with Crippen molar-refractivity contribution in [1.82, 2.24) is 19.9 Å². The minimum absolute atomic E-state index is 0.119. The van der Waals surface area contributed by atoms with E-state index in [-0.39, 0.29) is 5.91 Å². The molecule has 0 aliphatic carbocycles. The van der Waals surface area contributed by atoms with Crippen molar-refractivity contribution in [1.29, 1.82) is 0 Å². The Labute approximate surface area is 221 Å². The molecule has 2 heterocycles. The summed E-state index contributed by atoms with van der Waals surface area (Å²) in [5.41, 5.74) is 3.18.